The molecular formula is C11H9N3OS. The van der Waals surface area contributed by atoms with Crippen LogP contribution in [-0.2, 0) is 4.79 Å². The zero-order chi connectivity index (χ0) is 11.4. The van der Waals surface area contributed by atoms with Gasteiger partial charge in [-0.05, 0) is 0 Å². The van der Waals surface area contributed by atoms with Gasteiger partial charge in [-0.15, -0.1) is 11.8 Å². The molecule has 1 atom stereocenters. The van der Waals surface area contributed by atoms with Crippen molar-refractivity contribution in [3.63, 3.8) is 0 Å². The van der Waals surface area contributed by atoms with Gasteiger partial charge in [0.15, 0.2) is 6.19 Å². The van der Waals surface area contributed by atoms with Crippen LogP contribution >= 0.6 is 11.8 Å². The fourth-order valence-electron chi connectivity index (χ4n) is 1.39. The average Bonchev–Trinajstić information content (AvgIpc) is 2.80. The smallest absolute Gasteiger partial charge is 0.258 e. The van der Waals surface area contributed by atoms with Crippen molar-refractivity contribution < 1.29 is 4.79 Å². The molecule has 1 aliphatic heterocycles. The van der Waals surface area contributed by atoms with Crippen LogP contribution in [-0.4, -0.2) is 22.7 Å². The number of nitrogens with zero attached hydrogens (tertiary/aromatic N) is 2. The molecule has 80 valence electrons. The van der Waals surface area contributed by atoms with Gasteiger partial charge in [-0.3, -0.25) is 15.1 Å². The van der Waals surface area contributed by atoms with Gasteiger partial charge in [0.05, 0.1) is 5.04 Å². The maximum Gasteiger partial charge on any atom is 0.258 e. The Morgan fingerprint density at radius 1 is 1.50 bits per heavy atom. The fourth-order valence-corrected chi connectivity index (χ4v) is 2.43. The van der Waals surface area contributed by atoms with Crippen molar-refractivity contribution in [2.75, 3.05) is 5.75 Å². The van der Waals surface area contributed by atoms with Crippen molar-refractivity contribution in [2.45, 2.75) is 6.04 Å². The number of aliphatic imine (C=N–C) groups is 1. The molecule has 4 nitrogen and oxygen atoms in total. The number of carbonyl (C=O) groups is 1. The SMILES string of the molecule is N#CNC(=O)C1CSC(c2ccccc2)=N1. The molecule has 2 rings (SSSR count). The van der Waals surface area contributed by atoms with E-state index in [0.717, 1.165) is 10.6 Å². The number of rotatable bonds is 2. The van der Waals surface area contributed by atoms with Crippen LogP contribution in [0.2, 0.25) is 0 Å². The lowest BCUT2D eigenvalue weighted by molar-refractivity contribution is -0.120. The molecular weight excluding hydrogens is 222 g/mol. The summed E-state index contributed by atoms with van der Waals surface area (Å²) in [4.78, 5) is 15.7. The molecule has 1 aromatic rings. The number of benzene rings is 1. The monoisotopic (exact) mass is 231 g/mol. The van der Waals surface area contributed by atoms with Gasteiger partial charge in [0, 0.05) is 11.3 Å². The van der Waals surface area contributed by atoms with Crippen molar-refractivity contribution >= 4 is 22.7 Å². The average molecular weight is 231 g/mol. The molecule has 1 N–H and O–H groups in total. The van der Waals surface area contributed by atoms with E-state index in [2.05, 4.69) is 10.3 Å². The summed E-state index contributed by atoms with van der Waals surface area (Å²) >= 11 is 1.54. The van der Waals surface area contributed by atoms with Gasteiger partial charge in [-0.1, -0.05) is 30.3 Å². The normalized spacial score (nSPS) is 18.7. The third-order valence-corrected chi connectivity index (χ3v) is 3.25. The minimum Gasteiger partial charge on any atom is -0.271 e. The first kappa shape index (κ1) is 10.7. The van der Waals surface area contributed by atoms with Crippen molar-refractivity contribution in [3.05, 3.63) is 35.9 Å². The Hall–Kier alpha value is -1.80. The van der Waals surface area contributed by atoms with E-state index in [-0.39, 0.29) is 5.91 Å². The van der Waals surface area contributed by atoms with Crippen LogP contribution in [0.1, 0.15) is 5.56 Å². The van der Waals surface area contributed by atoms with Gasteiger partial charge in [0.1, 0.15) is 6.04 Å². The van der Waals surface area contributed by atoms with Crippen molar-refractivity contribution in [1.82, 2.24) is 5.32 Å². The largest absolute Gasteiger partial charge is 0.271 e. The van der Waals surface area contributed by atoms with Gasteiger partial charge in [-0.25, -0.2) is 0 Å². The number of hydrogen-bond acceptors (Lipinski definition) is 4. The molecule has 1 unspecified atom stereocenters. The second-order valence-electron chi connectivity index (χ2n) is 3.23. The number of nitriles is 1. The standard InChI is InChI=1S/C11H9N3OS/c12-7-13-10(15)9-6-16-11(14-9)8-4-2-1-3-5-8/h1-5,9H,6H2,(H,13,15). The number of hydrogen-bond donors (Lipinski definition) is 1. The summed E-state index contributed by atoms with van der Waals surface area (Å²) in [6.45, 7) is 0. The molecule has 16 heavy (non-hydrogen) atoms. The van der Waals surface area contributed by atoms with E-state index in [0.29, 0.717) is 5.75 Å². The molecule has 5 heteroatoms. The molecule has 0 radical (unpaired) electrons. The van der Waals surface area contributed by atoms with Crippen LogP contribution in [0.3, 0.4) is 0 Å². The van der Waals surface area contributed by atoms with Gasteiger partial charge in [0.2, 0.25) is 0 Å². The Labute approximate surface area is 97.4 Å². The van der Waals surface area contributed by atoms with E-state index in [4.69, 9.17) is 5.26 Å². The molecule has 0 fully saturated rings. The summed E-state index contributed by atoms with van der Waals surface area (Å²) in [6.07, 6.45) is 1.62. The minimum absolute atomic E-state index is 0.332. The maximum absolute atomic E-state index is 11.4. The quantitative estimate of drug-likeness (QED) is 0.613. The van der Waals surface area contributed by atoms with E-state index >= 15 is 0 Å². The Morgan fingerprint density at radius 3 is 2.94 bits per heavy atom. The van der Waals surface area contributed by atoms with Crippen LogP contribution in [0, 0.1) is 11.5 Å². The van der Waals surface area contributed by atoms with Crippen LogP contribution in [0.25, 0.3) is 0 Å². The lowest BCUT2D eigenvalue weighted by Gasteiger charge is -1.99. The number of amides is 1. The third-order valence-electron chi connectivity index (χ3n) is 2.15. The summed E-state index contributed by atoms with van der Waals surface area (Å²) in [5.74, 6) is 0.263. The van der Waals surface area contributed by atoms with Crippen LogP contribution < -0.4 is 5.32 Å². The second kappa shape index (κ2) is 4.81. The fraction of sp³-hybridized carbons (Fsp3) is 0.182. The van der Waals surface area contributed by atoms with Crippen LogP contribution in [0.5, 0.6) is 0 Å². The van der Waals surface area contributed by atoms with E-state index in [1.54, 1.807) is 6.19 Å². The molecule has 1 aromatic carbocycles. The third kappa shape index (κ3) is 2.23. The minimum atomic E-state index is -0.445. The highest BCUT2D eigenvalue weighted by Crippen LogP contribution is 2.23. The number of nitrogens with one attached hydrogen (secondary N) is 1. The zero-order valence-electron chi connectivity index (χ0n) is 8.38. The van der Waals surface area contributed by atoms with Crippen molar-refractivity contribution in [1.29, 1.82) is 5.26 Å². The highest BCUT2D eigenvalue weighted by molar-refractivity contribution is 8.14. The highest BCUT2D eigenvalue weighted by Gasteiger charge is 2.25. The van der Waals surface area contributed by atoms with Crippen molar-refractivity contribution in [2.24, 2.45) is 4.99 Å². The Morgan fingerprint density at radius 2 is 2.25 bits per heavy atom. The molecule has 1 amide bonds. The predicted molar refractivity (Wildman–Crippen MR) is 63.0 cm³/mol. The van der Waals surface area contributed by atoms with Gasteiger partial charge in [-0.2, -0.15) is 5.26 Å². The first-order valence-electron chi connectivity index (χ1n) is 4.76. The van der Waals surface area contributed by atoms with E-state index in [1.807, 2.05) is 30.3 Å². The predicted octanol–water partition coefficient (Wildman–Crippen LogP) is 1.15. The topological polar surface area (TPSA) is 65.2 Å². The van der Waals surface area contributed by atoms with E-state index < -0.39 is 6.04 Å². The van der Waals surface area contributed by atoms with Crippen LogP contribution in [0.15, 0.2) is 35.3 Å². The second-order valence-corrected chi connectivity index (χ2v) is 4.24. The summed E-state index contributed by atoms with van der Waals surface area (Å²) in [5, 5.41) is 11.3. The molecule has 0 aromatic heterocycles. The molecule has 0 saturated carbocycles. The number of carbonyl (C=O) groups excluding carboxylic acids is 1. The highest BCUT2D eigenvalue weighted by atomic mass is 32.2. The van der Waals surface area contributed by atoms with Gasteiger partial charge < -0.3 is 0 Å². The Balaban J connectivity index is 2.13. The zero-order valence-corrected chi connectivity index (χ0v) is 9.20. The summed E-state index contributed by atoms with van der Waals surface area (Å²) in [5.41, 5.74) is 1.01. The van der Waals surface area contributed by atoms with Gasteiger partial charge >= 0.3 is 0 Å². The lowest BCUT2D eigenvalue weighted by atomic mass is 10.2. The van der Waals surface area contributed by atoms with E-state index in [1.165, 1.54) is 11.8 Å². The molecule has 0 saturated heterocycles. The molecule has 0 spiro atoms. The first-order valence-corrected chi connectivity index (χ1v) is 5.75. The molecule has 1 heterocycles. The lowest BCUT2D eigenvalue weighted by Crippen LogP contribution is -2.30. The van der Waals surface area contributed by atoms with Crippen LogP contribution in [0.4, 0.5) is 0 Å². The summed E-state index contributed by atoms with van der Waals surface area (Å²) in [6, 6.07) is 9.26. The van der Waals surface area contributed by atoms with Crippen molar-refractivity contribution in [3.8, 4) is 6.19 Å². The summed E-state index contributed by atoms with van der Waals surface area (Å²) in [7, 11) is 0. The molecule has 1 aliphatic rings. The summed E-state index contributed by atoms with van der Waals surface area (Å²) < 4.78 is 0. The molecule has 0 aliphatic carbocycles. The first-order chi connectivity index (χ1) is 7.81. The van der Waals surface area contributed by atoms with Gasteiger partial charge in [0.25, 0.3) is 5.91 Å². The Kier molecular flexibility index (Phi) is 3.22. The molecule has 0 bridgehead atoms. The Bertz CT molecular complexity index is 464. The number of thioether (sulfide) groups is 1. The van der Waals surface area contributed by atoms with E-state index in [9.17, 15) is 4.79 Å². The maximum atomic E-state index is 11.4.